The first kappa shape index (κ1) is 18.9. The Labute approximate surface area is 197 Å². The van der Waals surface area contributed by atoms with Gasteiger partial charge in [-0.2, -0.15) is 0 Å². The van der Waals surface area contributed by atoms with E-state index in [1.165, 1.54) is 6.20 Å². The third kappa shape index (κ3) is 5.61. The number of hydrogen-bond donors (Lipinski definition) is 3. The zero-order valence-corrected chi connectivity index (χ0v) is 18.5. The van der Waals surface area contributed by atoms with Gasteiger partial charge in [0.15, 0.2) is 11.6 Å². The maximum atomic E-state index is 12.4. The molecule has 3 N–H and O–H groups in total. The number of fused-ring (bicyclic) bond motifs is 1. The fraction of sp³-hybridized carbons (Fsp3) is 0.375. The molecule has 4 rings (SSSR count). The Bertz CT molecular complexity index is 1300. The number of nitrogens with zero attached hydrogens (tertiary/aromatic N) is 4. The minimum atomic E-state index is -2.46. The SMILES string of the molecule is [2H]C([2H])([2H])Nc1ncc(C#Cc2ccc(CNCCOC)cn2)c2cc(NC(=O)[C@H]3C[C@H]3C)nnc12. The highest BCUT2D eigenvalue weighted by atomic mass is 16.5. The van der Waals surface area contributed by atoms with Crippen molar-refractivity contribution in [2.24, 2.45) is 11.8 Å². The number of ether oxygens (including phenoxy) is 1. The molecule has 170 valence electrons. The molecule has 0 aromatic carbocycles. The second kappa shape index (κ2) is 10.3. The highest BCUT2D eigenvalue weighted by Gasteiger charge is 2.39. The van der Waals surface area contributed by atoms with Gasteiger partial charge in [0.1, 0.15) is 11.2 Å². The van der Waals surface area contributed by atoms with Gasteiger partial charge in [0.05, 0.1) is 12.2 Å². The van der Waals surface area contributed by atoms with Crippen LogP contribution in [0, 0.1) is 23.7 Å². The van der Waals surface area contributed by atoms with Crippen molar-refractivity contribution in [3.8, 4) is 11.8 Å². The summed E-state index contributed by atoms with van der Waals surface area (Å²) in [5.41, 5.74) is 2.32. The lowest BCUT2D eigenvalue weighted by atomic mass is 10.1. The first-order chi connectivity index (χ1) is 17.2. The average Bonchev–Trinajstić information content (AvgIpc) is 3.58. The van der Waals surface area contributed by atoms with Gasteiger partial charge in [-0.15, -0.1) is 10.2 Å². The summed E-state index contributed by atoms with van der Waals surface area (Å²) in [5.74, 6) is 6.58. The van der Waals surface area contributed by atoms with E-state index in [1.54, 1.807) is 19.4 Å². The van der Waals surface area contributed by atoms with Crippen molar-refractivity contribution >= 4 is 28.4 Å². The van der Waals surface area contributed by atoms with Crippen molar-refractivity contribution in [2.75, 3.05) is 37.9 Å². The smallest absolute Gasteiger partial charge is 0.228 e. The van der Waals surface area contributed by atoms with Crippen LogP contribution in [0.4, 0.5) is 11.6 Å². The molecule has 2 atom stereocenters. The van der Waals surface area contributed by atoms with Gasteiger partial charge in [0, 0.05) is 55.0 Å². The van der Waals surface area contributed by atoms with Crippen molar-refractivity contribution in [1.29, 1.82) is 0 Å². The summed E-state index contributed by atoms with van der Waals surface area (Å²) in [6.07, 6.45) is 4.06. The monoisotopic (exact) mass is 448 g/mol. The minimum Gasteiger partial charge on any atom is -0.383 e. The number of anilines is 2. The Morgan fingerprint density at radius 2 is 2.15 bits per heavy atom. The highest BCUT2D eigenvalue weighted by Crippen LogP contribution is 2.38. The zero-order chi connectivity index (χ0) is 25.7. The van der Waals surface area contributed by atoms with E-state index in [-0.39, 0.29) is 29.0 Å². The van der Waals surface area contributed by atoms with Gasteiger partial charge < -0.3 is 20.7 Å². The van der Waals surface area contributed by atoms with Crippen LogP contribution in [0.15, 0.2) is 30.6 Å². The summed E-state index contributed by atoms with van der Waals surface area (Å²) in [6.45, 7) is 1.60. The van der Waals surface area contributed by atoms with Gasteiger partial charge in [-0.1, -0.05) is 18.9 Å². The van der Waals surface area contributed by atoms with E-state index < -0.39 is 6.98 Å². The Morgan fingerprint density at radius 1 is 1.27 bits per heavy atom. The molecule has 3 heterocycles. The second-order valence-corrected chi connectivity index (χ2v) is 7.92. The normalized spacial score (nSPS) is 18.4. The van der Waals surface area contributed by atoms with Gasteiger partial charge in [0.25, 0.3) is 0 Å². The summed E-state index contributed by atoms with van der Waals surface area (Å²) in [7, 11) is 1.66. The van der Waals surface area contributed by atoms with Crippen molar-refractivity contribution in [3.05, 3.63) is 47.4 Å². The molecule has 9 heteroatoms. The number of hydrogen-bond acceptors (Lipinski definition) is 8. The molecule has 33 heavy (non-hydrogen) atoms. The third-order valence-electron chi connectivity index (χ3n) is 5.41. The van der Waals surface area contributed by atoms with E-state index in [1.807, 2.05) is 19.1 Å². The van der Waals surface area contributed by atoms with E-state index >= 15 is 0 Å². The summed E-state index contributed by atoms with van der Waals surface area (Å²) in [6, 6.07) is 5.39. The van der Waals surface area contributed by atoms with Crippen molar-refractivity contribution < 1.29 is 13.6 Å². The number of rotatable bonds is 8. The second-order valence-electron chi connectivity index (χ2n) is 7.92. The number of pyridine rings is 2. The molecule has 1 aliphatic rings. The maximum absolute atomic E-state index is 12.4. The predicted octanol–water partition coefficient (Wildman–Crippen LogP) is 2.19. The highest BCUT2D eigenvalue weighted by molar-refractivity contribution is 5.97. The molecule has 1 amide bonds. The maximum Gasteiger partial charge on any atom is 0.228 e. The molecule has 1 aliphatic carbocycles. The van der Waals surface area contributed by atoms with Gasteiger partial charge in [-0.3, -0.25) is 4.79 Å². The Morgan fingerprint density at radius 3 is 2.88 bits per heavy atom. The van der Waals surface area contributed by atoms with Crippen LogP contribution in [-0.4, -0.2) is 53.3 Å². The minimum absolute atomic E-state index is 0.0313. The van der Waals surface area contributed by atoms with Crippen molar-refractivity contribution in [2.45, 2.75) is 19.9 Å². The largest absolute Gasteiger partial charge is 0.383 e. The number of amides is 1. The molecule has 0 unspecified atom stereocenters. The van der Waals surface area contributed by atoms with Crippen molar-refractivity contribution in [3.63, 3.8) is 0 Å². The van der Waals surface area contributed by atoms with Gasteiger partial charge in [0.2, 0.25) is 5.91 Å². The average molecular weight is 449 g/mol. The van der Waals surface area contributed by atoms with Gasteiger partial charge in [-0.05, 0) is 36.0 Å². The van der Waals surface area contributed by atoms with E-state index in [0.29, 0.717) is 35.7 Å². The third-order valence-corrected chi connectivity index (χ3v) is 5.41. The lowest BCUT2D eigenvalue weighted by Gasteiger charge is -2.08. The van der Waals surface area contributed by atoms with E-state index in [4.69, 9.17) is 8.85 Å². The summed E-state index contributed by atoms with van der Waals surface area (Å²) < 4.78 is 27.5. The van der Waals surface area contributed by atoms with Gasteiger partial charge in [-0.25, -0.2) is 9.97 Å². The Hall–Kier alpha value is -3.61. The van der Waals surface area contributed by atoms with Gasteiger partial charge >= 0.3 is 0 Å². The molecule has 0 radical (unpaired) electrons. The number of nitrogens with one attached hydrogen (secondary N) is 3. The van der Waals surface area contributed by atoms with Crippen LogP contribution in [0.1, 0.15) is 34.3 Å². The molecule has 0 saturated heterocycles. The Balaban J connectivity index is 1.60. The van der Waals surface area contributed by atoms with Crippen LogP contribution in [0.3, 0.4) is 0 Å². The lowest BCUT2D eigenvalue weighted by molar-refractivity contribution is -0.117. The molecule has 0 spiro atoms. The Kier molecular flexibility index (Phi) is 5.92. The summed E-state index contributed by atoms with van der Waals surface area (Å²) in [5, 5.41) is 17.1. The molecule has 3 aromatic heterocycles. The molecular weight excluding hydrogens is 418 g/mol. The fourth-order valence-electron chi connectivity index (χ4n) is 3.33. The molecule has 1 fully saturated rings. The van der Waals surface area contributed by atoms with Crippen LogP contribution in [0.5, 0.6) is 0 Å². The van der Waals surface area contributed by atoms with Crippen LogP contribution in [0.25, 0.3) is 10.9 Å². The summed E-state index contributed by atoms with van der Waals surface area (Å²) >= 11 is 0. The number of carbonyl (C=O) groups excluding carboxylic acids is 1. The number of methoxy groups -OCH3 is 1. The first-order valence-corrected chi connectivity index (χ1v) is 10.7. The first-order valence-electron chi connectivity index (χ1n) is 12.2. The van der Waals surface area contributed by atoms with Crippen LogP contribution < -0.4 is 16.0 Å². The predicted molar refractivity (Wildman–Crippen MR) is 127 cm³/mol. The van der Waals surface area contributed by atoms with E-state index in [2.05, 4.69) is 48.0 Å². The lowest BCUT2D eigenvalue weighted by Crippen LogP contribution is -2.18. The molecule has 0 aliphatic heterocycles. The van der Waals surface area contributed by atoms with Crippen LogP contribution >= 0.6 is 0 Å². The van der Waals surface area contributed by atoms with Crippen LogP contribution in [0.2, 0.25) is 0 Å². The topological polar surface area (TPSA) is 114 Å². The van der Waals surface area contributed by atoms with E-state index in [0.717, 1.165) is 18.5 Å². The van der Waals surface area contributed by atoms with Crippen molar-refractivity contribution in [1.82, 2.24) is 25.5 Å². The standard InChI is InChI=1S/C24H27N7O2/c1-15-10-19(15)24(32)29-21-11-20-17(14-28-23(25-2)22(20)31-30-21)5-7-18-6-4-16(13-27-18)12-26-8-9-33-3/h4,6,11,13-15,19,26H,8-10,12H2,1-3H3,(H,25,28)(H,29,30,32)/t15-,19+/m1/s1/i2D3. The number of carbonyl (C=O) groups is 1. The molecule has 3 aromatic rings. The van der Waals surface area contributed by atoms with Crippen LogP contribution in [-0.2, 0) is 16.1 Å². The molecule has 0 bridgehead atoms. The van der Waals surface area contributed by atoms with E-state index in [9.17, 15) is 4.79 Å². The molecular formula is C24H27N7O2. The zero-order valence-electron chi connectivity index (χ0n) is 21.5. The quantitative estimate of drug-likeness (QED) is 0.355. The molecule has 9 nitrogen and oxygen atoms in total. The molecule has 1 saturated carbocycles. The number of aromatic nitrogens is 4. The fourth-order valence-corrected chi connectivity index (χ4v) is 3.33. The summed E-state index contributed by atoms with van der Waals surface area (Å²) in [4.78, 5) is 21.0.